The average Bonchev–Trinajstić information content (AvgIpc) is 3.70. The molecular weight excluding hydrogens is 607 g/mol. The van der Waals surface area contributed by atoms with Crippen LogP contribution >= 0.6 is 22.7 Å². The first-order chi connectivity index (χ1) is 23.3. The highest BCUT2D eigenvalue weighted by Crippen LogP contribution is 2.43. The molecule has 0 bridgehead atoms. The van der Waals surface area contributed by atoms with Crippen molar-refractivity contribution in [1.82, 2.24) is 0 Å². The minimum absolute atomic E-state index is 1.13. The molecule has 47 heavy (non-hydrogen) atoms. The molecule has 0 atom stereocenters. The van der Waals surface area contributed by atoms with Crippen LogP contribution in [0.2, 0.25) is 0 Å². The quantitative estimate of drug-likeness (QED) is 0.174. The van der Waals surface area contributed by atoms with Crippen LogP contribution in [0.25, 0.3) is 73.0 Å². The summed E-state index contributed by atoms with van der Waals surface area (Å²) in [5, 5.41) is 10.3. The molecule has 220 valence electrons. The summed E-state index contributed by atoms with van der Waals surface area (Å²) in [6.45, 7) is 0. The molecule has 1 nitrogen and oxygen atoms in total. The third kappa shape index (κ3) is 4.35. The Bertz CT molecular complexity index is 2800. The Labute approximate surface area is 280 Å². The highest BCUT2D eigenvalue weighted by Gasteiger charge is 2.16. The first kappa shape index (κ1) is 26.7. The Hall–Kier alpha value is -5.48. The van der Waals surface area contributed by atoms with E-state index in [4.69, 9.17) is 0 Å². The lowest BCUT2D eigenvalue weighted by molar-refractivity contribution is 1.30. The molecule has 2 heterocycles. The van der Waals surface area contributed by atoms with Gasteiger partial charge in [0.1, 0.15) is 0 Å². The maximum absolute atomic E-state index is 2.41. The zero-order chi connectivity index (χ0) is 30.9. The number of hydrogen-bond acceptors (Lipinski definition) is 3. The summed E-state index contributed by atoms with van der Waals surface area (Å²) in [5.74, 6) is 0. The molecule has 0 radical (unpaired) electrons. The van der Waals surface area contributed by atoms with Crippen LogP contribution in [0.3, 0.4) is 0 Å². The Kier molecular flexibility index (Phi) is 5.98. The largest absolute Gasteiger partial charge is 0.310 e. The maximum atomic E-state index is 2.41. The number of anilines is 3. The van der Waals surface area contributed by atoms with Crippen molar-refractivity contribution in [3.8, 4) is 11.1 Å². The summed E-state index contributed by atoms with van der Waals surface area (Å²) in [5.41, 5.74) is 5.89. The summed E-state index contributed by atoms with van der Waals surface area (Å²) in [6, 6.07) is 60.4. The fourth-order valence-electron chi connectivity index (χ4n) is 7.14. The normalized spacial score (nSPS) is 11.8. The average molecular weight is 634 g/mol. The predicted molar refractivity (Wildman–Crippen MR) is 207 cm³/mol. The van der Waals surface area contributed by atoms with Crippen molar-refractivity contribution in [2.24, 2.45) is 0 Å². The predicted octanol–water partition coefficient (Wildman–Crippen LogP) is 13.9. The molecule has 8 aromatic carbocycles. The van der Waals surface area contributed by atoms with E-state index in [0.717, 1.165) is 17.1 Å². The maximum Gasteiger partial charge on any atom is 0.0468 e. The van der Waals surface area contributed by atoms with Gasteiger partial charge in [0.2, 0.25) is 0 Å². The van der Waals surface area contributed by atoms with Gasteiger partial charge >= 0.3 is 0 Å². The molecule has 0 saturated heterocycles. The van der Waals surface area contributed by atoms with Crippen molar-refractivity contribution in [3.05, 3.63) is 164 Å². The molecule has 0 amide bonds. The first-order valence-electron chi connectivity index (χ1n) is 15.9. The summed E-state index contributed by atoms with van der Waals surface area (Å²) in [4.78, 5) is 2.41. The molecule has 2 aromatic heterocycles. The van der Waals surface area contributed by atoms with Crippen molar-refractivity contribution >= 4 is 102 Å². The van der Waals surface area contributed by atoms with Crippen molar-refractivity contribution in [3.63, 3.8) is 0 Å². The molecule has 10 rings (SSSR count). The van der Waals surface area contributed by atoms with E-state index in [1.807, 2.05) is 22.7 Å². The van der Waals surface area contributed by atoms with Gasteiger partial charge < -0.3 is 4.90 Å². The Morgan fingerprint density at radius 1 is 0.298 bits per heavy atom. The van der Waals surface area contributed by atoms with E-state index in [1.54, 1.807) is 0 Å². The van der Waals surface area contributed by atoms with Crippen LogP contribution in [0.15, 0.2) is 164 Å². The molecule has 0 saturated carbocycles. The molecule has 3 heteroatoms. The first-order valence-corrected chi connectivity index (χ1v) is 17.5. The standard InChI is InChI=1S/C44H27NS2/c1-2-8-35-29(7-1)13-14-30-17-21-33(26-38(30)35)45(34-22-24-44-40(27-34)37-10-4-6-12-42(37)47-44)32-19-15-28(16-20-32)31-18-23-43-39(25-31)36-9-3-5-11-41(36)46-43/h1-27H. The second-order valence-electron chi connectivity index (χ2n) is 12.2. The fraction of sp³-hybridized carbons (Fsp3) is 0. The summed E-state index contributed by atoms with van der Waals surface area (Å²) >= 11 is 3.73. The lowest BCUT2D eigenvalue weighted by Crippen LogP contribution is -2.09. The minimum atomic E-state index is 1.13. The van der Waals surface area contributed by atoms with E-state index < -0.39 is 0 Å². The second-order valence-corrected chi connectivity index (χ2v) is 14.3. The highest BCUT2D eigenvalue weighted by molar-refractivity contribution is 7.26. The summed E-state index contributed by atoms with van der Waals surface area (Å²) < 4.78 is 5.30. The number of rotatable bonds is 4. The Morgan fingerprint density at radius 3 is 1.49 bits per heavy atom. The molecule has 0 unspecified atom stereocenters. The molecule has 10 aromatic rings. The molecule has 0 fully saturated rings. The van der Waals surface area contributed by atoms with Crippen molar-refractivity contribution in [2.45, 2.75) is 0 Å². The van der Waals surface area contributed by atoms with Gasteiger partial charge in [-0.15, -0.1) is 22.7 Å². The number of thiophene rings is 2. The van der Waals surface area contributed by atoms with Gasteiger partial charge in [-0.2, -0.15) is 0 Å². The van der Waals surface area contributed by atoms with Gasteiger partial charge in [-0.1, -0.05) is 97.1 Å². The summed E-state index contributed by atoms with van der Waals surface area (Å²) in [6.07, 6.45) is 0. The van der Waals surface area contributed by atoms with E-state index in [0.29, 0.717) is 0 Å². The van der Waals surface area contributed by atoms with E-state index in [1.165, 1.54) is 73.0 Å². The van der Waals surface area contributed by atoms with Gasteiger partial charge in [-0.25, -0.2) is 0 Å². The number of benzene rings is 8. The van der Waals surface area contributed by atoms with Gasteiger partial charge in [0, 0.05) is 57.4 Å². The number of fused-ring (bicyclic) bond motifs is 9. The number of nitrogens with zero attached hydrogens (tertiary/aromatic N) is 1. The second kappa shape index (κ2) is 10.5. The fourth-order valence-corrected chi connectivity index (χ4v) is 9.31. The van der Waals surface area contributed by atoms with Gasteiger partial charge in [0.05, 0.1) is 0 Å². The minimum Gasteiger partial charge on any atom is -0.310 e. The smallest absolute Gasteiger partial charge is 0.0468 e. The van der Waals surface area contributed by atoms with Gasteiger partial charge in [0.15, 0.2) is 0 Å². The zero-order valence-corrected chi connectivity index (χ0v) is 27.0. The molecule has 0 spiro atoms. The molecule has 0 N–H and O–H groups in total. The molecule has 0 aliphatic rings. The van der Waals surface area contributed by atoms with Crippen LogP contribution in [-0.2, 0) is 0 Å². The van der Waals surface area contributed by atoms with Crippen LogP contribution in [0.5, 0.6) is 0 Å². The van der Waals surface area contributed by atoms with E-state index >= 15 is 0 Å². The third-order valence-corrected chi connectivity index (χ3v) is 11.7. The van der Waals surface area contributed by atoms with Crippen LogP contribution < -0.4 is 4.90 Å². The van der Waals surface area contributed by atoms with E-state index in [2.05, 4.69) is 169 Å². The number of hydrogen-bond donors (Lipinski definition) is 0. The molecule has 0 aliphatic carbocycles. The van der Waals surface area contributed by atoms with Crippen LogP contribution in [0, 0.1) is 0 Å². The van der Waals surface area contributed by atoms with Crippen molar-refractivity contribution in [1.29, 1.82) is 0 Å². The topological polar surface area (TPSA) is 3.24 Å². The molecular formula is C44H27NS2. The highest BCUT2D eigenvalue weighted by atomic mass is 32.1. The summed E-state index contributed by atoms with van der Waals surface area (Å²) in [7, 11) is 0. The lowest BCUT2D eigenvalue weighted by atomic mass is 10.00. The van der Waals surface area contributed by atoms with Crippen molar-refractivity contribution < 1.29 is 0 Å². The van der Waals surface area contributed by atoms with Gasteiger partial charge in [-0.05, 0) is 99.4 Å². The zero-order valence-electron chi connectivity index (χ0n) is 25.4. The van der Waals surface area contributed by atoms with Gasteiger partial charge in [0.25, 0.3) is 0 Å². The van der Waals surface area contributed by atoms with E-state index in [-0.39, 0.29) is 0 Å². The Morgan fingerprint density at radius 2 is 0.766 bits per heavy atom. The van der Waals surface area contributed by atoms with E-state index in [9.17, 15) is 0 Å². The van der Waals surface area contributed by atoms with Gasteiger partial charge in [-0.3, -0.25) is 0 Å². The van der Waals surface area contributed by atoms with Crippen LogP contribution in [0.1, 0.15) is 0 Å². The van der Waals surface area contributed by atoms with Crippen molar-refractivity contribution in [2.75, 3.05) is 4.90 Å². The van der Waals surface area contributed by atoms with Crippen LogP contribution in [0.4, 0.5) is 17.1 Å². The third-order valence-electron chi connectivity index (χ3n) is 9.44. The molecule has 0 aliphatic heterocycles. The lowest BCUT2D eigenvalue weighted by Gasteiger charge is -2.26. The Balaban J connectivity index is 1.14. The van der Waals surface area contributed by atoms with Crippen LogP contribution in [-0.4, -0.2) is 0 Å². The SMILES string of the molecule is c1ccc2c(c1)ccc1ccc(N(c3ccc(-c4ccc5sc6ccccc6c5c4)cc3)c3ccc4sc5ccccc5c4c3)cc12. The monoisotopic (exact) mass is 633 g/mol.